The van der Waals surface area contributed by atoms with Gasteiger partial charge in [0.2, 0.25) is 11.7 Å². The Kier molecular flexibility index (Phi) is 5.34. The second-order valence-corrected chi connectivity index (χ2v) is 6.02. The fraction of sp³-hybridized carbons (Fsp3) is 0.263. The maximum atomic E-state index is 13.2. The van der Waals surface area contributed by atoms with Crippen LogP contribution in [0.5, 0.6) is 5.75 Å². The van der Waals surface area contributed by atoms with Crippen LogP contribution in [-0.2, 0) is 17.5 Å². The summed E-state index contributed by atoms with van der Waals surface area (Å²) in [6.45, 7) is 1.88. The largest absolute Gasteiger partial charge is 0.492 e. The topological polar surface area (TPSA) is 56.1 Å². The number of benzene rings is 2. The number of imidazole rings is 1. The lowest BCUT2D eigenvalue weighted by atomic mass is 10.2. The predicted molar refractivity (Wildman–Crippen MR) is 94.4 cm³/mol. The van der Waals surface area contributed by atoms with Gasteiger partial charge in [-0.1, -0.05) is 29.8 Å². The van der Waals surface area contributed by atoms with Gasteiger partial charge < -0.3 is 14.6 Å². The molecule has 0 saturated carbocycles. The predicted octanol–water partition coefficient (Wildman–Crippen LogP) is 3.56. The zero-order valence-corrected chi connectivity index (χ0v) is 14.6. The lowest BCUT2D eigenvalue weighted by Gasteiger charge is -2.12. The molecule has 0 atom stereocenters. The highest BCUT2D eigenvalue weighted by Gasteiger charge is 2.37. The van der Waals surface area contributed by atoms with E-state index in [1.165, 1.54) is 12.1 Å². The quantitative estimate of drug-likeness (QED) is 0.669. The summed E-state index contributed by atoms with van der Waals surface area (Å²) in [4.78, 5) is 15.7. The Labute approximate surface area is 153 Å². The van der Waals surface area contributed by atoms with E-state index in [0.717, 1.165) is 10.1 Å². The fourth-order valence-corrected chi connectivity index (χ4v) is 2.65. The molecule has 0 unspecified atom stereocenters. The van der Waals surface area contributed by atoms with Gasteiger partial charge in [0, 0.05) is 0 Å². The van der Waals surface area contributed by atoms with Crippen molar-refractivity contribution in [3.63, 3.8) is 0 Å². The number of nitrogens with zero attached hydrogens (tertiary/aromatic N) is 2. The number of hydrogen-bond donors (Lipinski definition) is 1. The van der Waals surface area contributed by atoms with Crippen molar-refractivity contribution in [3.05, 3.63) is 59.9 Å². The van der Waals surface area contributed by atoms with Crippen molar-refractivity contribution in [2.75, 3.05) is 13.2 Å². The van der Waals surface area contributed by atoms with Gasteiger partial charge in [-0.3, -0.25) is 4.79 Å². The maximum absolute atomic E-state index is 13.2. The van der Waals surface area contributed by atoms with E-state index in [-0.39, 0.29) is 24.2 Å². The Bertz CT molecular complexity index is 934. The fourth-order valence-electron chi connectivity index (χ4n) is 2.65. The average molecular weight is 377 g/mol. The first-order chi connectivity index (χ1) is 12.8. The van der Waals surface area contributed by atoms with Crippen molar-refractivity contribution < 1.29 is 22.7 Å². The van der Waals surface area contributed by atoms with Gasteiger partial charge in [0.05, 0.1) is 17.6 Å². The summed E-state index contributed by atoms with van der Waals surface area (Å²) in [6.07, 6.45) is -4.64. The summed E-state index contributed by atoms with van der Waals surface area (Å²) >= 11 is 0. The molecule has 142 valence electrons. The zero-order valence-electron chi connectivity index (χ0n) is 14.6. The van der Waals surface area contributed by atoms with Gasteiger partial charge in [0.1, 0.15) is 18.9 Å². The molecule has 5 nitrogen and oxygen atoms in total. The third-order valence-electron chi connectivity index (χ3n) is 3.92. The Balaban J connectivity index is 1.61. The number of halogens is 3. The molecule has 0 fully saturated rings. The molecule has 0 aliphatic carbocycles. The first-order valence-corrected chi connectivity index (χ1v) is 8.33. The monoisotopic (exact) mass is 377 g/mol. The normalized spacial score (nSPS) is 11.6. The molecule has 27 heavy (non-hydrogen) atoms. The molecule has 0 aliphatic rings. The van der Waals surface area contributed by atoms with Crippen molar-refractivity contribution in [2.24, 2.45) is 0 Å². The number of aryl methyl sites for hydroxylation is 1. The smallest absolute Gasteiger partial charge is 0.449 e. The molecule has 1 heterocycles. The minimum atomic E-state index is -4.64. The minimum Gasteiger partial charge on any atom is -0.492 e. The highest BCUT2D eigenvalue weighted by Crippen LogP contribution is 2.31. The molecule has 0 aliphatic heterocycles. The number of ether oxygens (including phenoxy) is 1. The molecule has 1 amide bonds. The van der Waals surface area contributed by atoms with Crippen LogP contribution in [0.25, 0.3) is 11.0 Å². The molecule has 0 spiro atoms. The first kappa shape index (κ1) is 18.8. The van der Waals surface area contributed by atoms with E-state index in [1.54, 1.807) is 12.1 Å². The third-order valence-corrected chi connectivity index (χ3v) is 3.92. The van der Waals surface area contributed by atoms with Crippen LogP contribution in [0.4, 0.5) is 13.2 Å². The number of aromatic nitrogens is 2. The second kappa shape index (κ2) is 7.69. The zero-order chi connectivity index (χ0) is 19.4. The summed E-state index contributed by atoms with van der Waals surface area (Å²) in [7, 11) is 0. The van der Waals surface area contributed by atoms with E-state index in [0.29, 0.717) is 5.75 Å². The van der Waals surface area contributed by atoms with Gasteiger partial charge >= 0.3 is 6.18 Å². The Hall–Kier alpha value is -3.03. The number of carbonyl (C=O) groups excluding carboxylic acids is 1. The lowest BCUT2D eigenvalue weighted by Crippen LogP contribution is -2.32. The number of alkyl halides is 3. The van der Waals surface area contributed by atoms with Crippen molar-refractivity contribution in [3.8, 4) is 5.75 Å². The summed E-state index contributed by atoms with van der Waals surface area (Å²) < 4.78 is 46.0. The van der Waals surface area contributed by atoms with E-state index in [1.807, 2.05) is 31.2 Å². The molecule has 8 heteroatoms. The highest BCUT2D eigenvalue weighted by atomic mass is 19.4. The van der Waals surface area contributed by atoms with Crippen LogP contribution in [0, 0.1) is 6.92 Å². The number of para-hydroxylation sites is 2. The maximum Gasteiger partial charge on any atom is 0.449 e. The van der Waals surface area contributed by atoms with E-state index in [4.69, 9.17) is 4.74 Å². The van der Waals surface area contributed by atoms with E-state index < -0.39 is 24.5 Å². The van der Waals surface area contributed by atoms with Crippen LogP contribution in [-0.4, -0.2) is 28.6 Å². The number of rotatable bonds is 6. The number of amides is 1. The number of fused-ring (bicyclic) bond motifs is 1. The molecule has 1 N–H and O–H groups in total. The Morgan fingerprint density at radius 3 is 2.56 bits per heavy atom. The minimum absolute atomic E-state index is 0.181. The summed E-state index contributed by atoms with van der Waals surface area (Å²) in [6, 6.07) is 13.6. The molecule has 2 aromatic carbocycles. The molecular weight excluding hydrogens is 359 g/mol. The van der Waals surface area contributed by atoms with Crippen LogP contribution >= 0.6 is 0 Å². The molecule has 0 radical (unpaired) electrons. The summed E-state index contributed by atoms with van der Waals surface area (Å²) in [5.74, 6) is -0.972. The van der Waals surface area contributed by atoms with Gasteiger partial charge in [-0.15, -0.1) is 0 Å². The van der Waals surface area contributed by atoms with Crippen LogP contribution in [0.2, 0.25) is 0 Å². The SMILES string of the molecule is Cc1ccc(OCCNC(=O)Cn2c(C(F)(F)F)nc3ccccc32)cc1. The molecule has 3 aromatic rings. The standard InChI is InChI=1S/C19H18F3N3O2/c1-13-6-8-14(9-7-13)27-11-10-23-17(26)12-25-16-5-3-2-4-15(16)24-18(25)19(20,21)22/h2-9H,10-12H2,1H3,(H,23,26). The Morgan fingerprint density at radius 2 is 1.85 bits per heavy atom. The van der Waals surface area contributed by atoms with Crippen LogP contribution in [0.3, 0.4) is 0 Å². The van der Waals surface area contributed by atoms with Crippen molar-refractivity contribution >= 4 is 16.9 Å². The van der Waals surface area contributed by atoms with Crippen LogP contribution < -0.4 is 10.1 Å². The number of carbonyl (C=O) groups is 1. The molecule has 0 saturated heterocycles. The van der Waals surface area contributed by atoms with E-state index in [2.05, 4.69) is 10.3 Å². The van der Waals surface area contributed by atoms with Crippen LogP contribution in [0.15, 0.2) is 48.5 Å². The second-order valence-electron chi connectivity index (χ2n) is 6.02. The van der Waals surface area contributed by atoms with Crippen molar-refractivity contribution in [1.29, 1.82) is 0 Å². The highest BCUT2D eigenvalue weighted by molar-refractivity contribution is 5.81. The van der Waals surface area contributed by atoms with Crippen molar-refractivity contribution in [1.82, 2.24) is 14.9 Å². The summed E-state index contributed by atoms with van der Waals surface area (Å²) in [5, 5.41) is 2.57. The van der Waals surface area contributed by atoms with Gasteiger partial charge in [0.15, 0.2) is 0 Å². The average Bonchev–Trinajstić information content (AvgIpc) is 2.99. The first-order valence-electron chi connectivity index (χ1n) is 8.33. The van der Waals surface area contributed by atoms with Gasteiger partial charge in [0.25, 0.3) is 0 Å². The van der Waals surface area contributed by atoms with Gasteiger partial charge in [-0.05, 0) is 31.2 Å². The van der Waals surface area contributed by atoms with E-state index >= 15 is 0 Å². The lowest BCUT2D eigenvalue weighted by molar-refractivity contribution is -0.147. The van der Waals surface area contributed by atoms with Crippen molar-refractivity contribution in [2.45, 2.75) is 19.6 Å². The molecule has 3 rings (SSSR count). The third kappa shape index (κ3) is 4.58. The Morgan fingerprint density at radius 1 is 1.15 bits per heavy atom. The summed E-state index contributed by atoms with van der Waals surface area (Å²) in [5.41, 5.74) is 1.56. The van der Waals surface area contributed by atoms with Crippen LogP contribution in [0.1, 0.15) is 11.4 Å². The van der Waals surface area contributed by atoms with E-state index in [9.17, 15) is 18.0 Å². The van der Waals surface area contributed by atoms with Gasteiger partial charge in [-0.2, -0.15) is 13.2 Å². The van der Waals surface area contributed by atoms with Gasteiger partial charge in [-0.25, -0.2) is 4.98 Å². The number of nitrogens with one attached hydrogen (secondary N) is 1. The number of hydrogen-bond acceptors (Lipinski definition) is 3. The molecule has 0 bridgehead atoms. The molecular formula is C19H18F3N3O2. The molecule has 1 aromatic heterocycles.